The van der Waals surface area contributed by atoms with E-state index in [4.69, 9.17) is 4.74 Å². The zero-order valence-electron chi connectivity index (χ0n) is 13.5. The SMILES string of the molecule is CCNC(C)(CCN(C)C1CCS(=O)(=O)C1)C(=O)OCC. The van der Waals surface area contributed by atoms with Gasteiger partial charge in [-0.05, 0) is 40.3 Å². The van der Waals surface area contributed by atoms with Gasteiger partial charge in [0.05, 0.1) is 18.1 Å². The molecule has 0 radical (unpaired) electrons. The van der Waals surface area contributed by atoms with Crippen molar-refractivity contribution >= 4 is 15.8 Å². The predicted molar refractivity (Wildman–Crippen MR) is 83.0 cm³/mol. The van der Waals surface area contributed by atoms with Crippen LogP contribution in [0, 0.1) is 0 Å². The second kappa shape index (κ2) is 7.56. The molecule has 124 valence electrons. The van der Waals surface area contributed by atoms with Gasteiger partial charge in [0.2, 0.25) is 0 Å². The zero-order chi connectivity index (χ0) is 16.1. The third-order valence-electron chi connectivity index (χ3n) is 4.09. The lowest BCUT2D eigenvalue weighted by atomic mass is 9.97. The number of hydrogen-bond donors (Lipinski definition) is 1. The number of carbonyl (C=O) groups is 1. The molecule has 1 saturated heterocycles. The van der Waals surface area contributed by atoms with Crippen LogP contribution in [0.4, 0.5) is 0 Å². The van der Waals surface area contributed by atoms with Gasteiger partial charge in [-0.2, -0.15) is 0 Å². The molecule has 0 aromatic rings. The number of likely N-dealkylation sites (N-methyl/N-ethyl adjacent to an activating group) is 1. The van der Waals surface area contributed by atoms with Crippen molar-refractivity contribution in [2.75, 3.05) is 38.2 Å². The highest BCUT2D eigenvalue weighted by molar-refractivity contribution is 7.91. The Hall–Kier alpha value is -0.660. The smallest absolute Gasteiger partial charge is 0.326 e. The van der Waals surface area contributed by atoms with Gasteiger partial charge < -0.3 is 15.0 Å². The Bertz CT molecular complexity index is 452. The first kappa shape index (κ1) is 18.4. The van der Waals surface area contributed by atoms with Crippen molar-refractivity contribution in [1.29, 1.82) is 0 Å². The minimum Gasteiger partial charge on any atom is -0.465 e. The van der Waals surface area contributed by atoms with Crippen molar-refractivity contribution in [3.05, 3.63) is 0 Å². The summed E-state index contributed by atoms with van der Waals surface area (Å²) in [6, 6.07) is 0.0584. The molecule has 0 saturated carbocycles. The Morgan fingerprint density at radius 2 is 2.10 bits per heavy atom. The van der Waals surface area contributed by atoms with Crippen LogP contribution < -0.4 is 5.32 Å². The van der Waals surface area contributed by atoms with Gasteiger partial charge in [0.1, 0.15) is 5.54 Å². The van der Waals surface area contributed by atoms with E-state index in [1.54, 1.807) is 6.92 Å². The molecule has 2 unspecified atom stereocenters. The summed E-state index contributed by atoms with van der Waals surface area (Å²) in [5.41, 5.74) is -0.726. The predicted octanol–water partition coefficient (Wildman–Crippen LogP) is 0.427. The topological polar surface area (TPSA) is 75.7 Å². The summed E-state index contributed by atoms with van der Waals surface area (Å²) in [6.07, 6.45) is 1.27. The fourth-order valence-corrected chi connectivity index (χ4v) is 4.45. The first-order valence-electron chi connectivity index (χ1n) is 7.57. The van der Waals surface area contributed by atoms with Gasteiger partial charge in [-0.25, -0.2) is 8.42 Å². The fourth-order valence-electron chi connectivity index (χ4n) is 2.65. The molecule has 1 aliphatic rings. The third-order valence-corrected chi connectivity index (χ3v) is 5.84. The summed E-state index contributed by atoms with van der Waals surface area (Å²) in [6.45, 7) is 7.27. The number of sulfone groups is 1. The molecular formula is C14H28N2O4S. The summed E-state index contributed by atoms with van der Waals surface area (Å²) >= 11 is 0. The largest absolute Gasteiger partial charge is 0.465 e. The first-order chi connectivity index (χ1) is 9.74. The summed E-state index contributed by atoms with van der Waals surface area (Å²) in [4.78, 5) is 14.1. The summed E-state index contributed by atoms with van der Waals surface area (Å²) in [5, 5.41) is 3.19. The number of esters is 1. The van der Waals surface area contributed by atoms with Crippen LogP contribution in [-0.2, 0) is 19.4 Å². The average Bonchev–Trinajstić information content (AvgIpc) is 2.77. The van der Waals surface area contributed by atoms with Gasteiger partial charge >= 0.3 is 5.97 Å². The molecule has 0 spiro atoms. The van der Waals surface area contributed by atoms with Crippen molar-refractivity contribution in [2.24, 2.45) is 0 Å². The van der Waals surface area contributed by atoms with Crippen LogP contribution in [0.1, 0.15) is 33.6 Å². The van der Waals surface area contributed by atoms with E-state index in [1.807, 2.05) is 25.8 Å². The molecule has 1 fully saturated rings. The molecule has 7 heteroatoms. The molecule has 0 aliphatic carbocycles. The Labute approximate surface area is 128 Å². The Kier molecular flexibility index (Phi) is 6.62. The van der Waals surface area contributed by atoms with Crippen LogP contribution in [0.15, 0.2) is 0 Å². The maximum absolute atomic E-state index is 12.1. The molecule has 0 amide bonds. The molecule has 1 N–H and O–H groups in total. The van der Waals surface area contributed by atoms with Gasteiger partial charge in [-0.1, -0.05) is 6.92 Å². The van der Waals surface area contributed by atoms with Gasteiger partial charge in [0, 0.05) is 12.6 Å². The number of nitrogens with one attached hydrogen (secondary N) is 1. The van der Waals surface area contributed by atoms with Crippen LogP contribution in [0.2, 0.25) is 0 Å². The first-order valence-corrected chi connectivity index (χ1v) is 9.39. The van der Waals surface area contributed by atoms with Crippen molar-refractivity contribution in [2.45, 2.75) is 45.2 Å². The summed E-state index contributed by atoms with van der Waals surface area (Å²) in [5.74, 6) is 0.241. The van der Waals surface area contributed by atoms with Crippen LogP contribution in [0.5, 0.6) is 0 Å². The van der Waals surface area contributed by atoms with E-state index in [0.717, 1.165) is 0 Å². The molecule has 21 heavy (non-hydrogen) atoms. The van der Waals surface area contributed by atoms with Crippen molar-refractivity contribution in [1.82, 2.24) is 10.2 Å². The minimum atomic E-state index is -2.88. The second-order valence-corrected chi connectivity index (χ2v) is 8.10. The Morgan fingerprint density at radius 3 is 2.57 bits per heavy atom. The van der Waals surface area contributed by atoms with Crippen molar-refractivity contribution in [3.63, 3.8) is 0 Å². The third kappa shape index (κ3) is 5.23. The lowest BCUT2D eigenvalue weighted by molar-refractivity contribution is -0.151. The van der Waals surface area contributed by atoms with Gasteiger partial charge in [0.25, 0.3) is 0 Å². The Balaban J connectivity index is 2.58. The number of ether oxygens (including phenoxy) is 1. The molecule has 1 aliphatic heterocycles. The molecular weight excluding hydrogens is 292 g/mol. The van der Waals surface area contributed by atoms with E-state index < -0.39 is 15.4 Å². The van der Waals surface area contributed by atoms with E-state index in [2.05, 4.69) is 5.32 Å². The molecule has 0 aromatic carbocycles. The summed E-state index contributed by atoms with van der Waals surface area (Å²) in [7, 11) is -0.959. The monoisotopic (exact) mass is 320 g/mol. The molecule has 0 aromatic heterocycles. The average molecular weight is 320 g/mol. The molecule has 0 bridgehead atoms. The molecule has 1 rings (SSSR count). The van der Waals surface area contributed by atoms with E-state index in [-0.39, 0.29) is 23.5 Å². The van der Waals surface area contributed by atoms with E-state index in [0.29, 0.717) is 32.5 Å². The van der Waals surface area contributed by atoms with Crippen molar-refractivity contribution < 1.29 is 17.9 Å². The summed E-state index contributed by atoms with van der Waals surface area (Å²) < 4.78 is 28.2. The maximum atomic E-state index is 12.1. The van der Waals surface area contributed by atoms with Crippen LogP contribution in [0.3, 0.4) is 0 Å². The zero-order valence-corrected chi connectivity index (χ0v) is 14.3. The second-order valence-electron chi connectivity index (χ2n) is 5.87. The van der Waals surface area contributed by atoms with E-state index >= 15 is 0 Å². The minimum absolute atomic E-state index is 0.0584. The standard InChI is InChI=1S/C14H28N2O4S/c1-5-15-14(3,13(17)20-6-2)8-9-16(4)12-7-10-21(18,19)11-12/h12,15H,5-11H2,1-4H3. The van der Waals surface area contributed by atoms with E-state index in [1.165, 1.54) is 0 Å². The quantitative estimate of drug-likeness (QED) is 0.654. The highest BCUT2D eigenvalue weighted by atomic mass is 32.2. The number of hydrogen-bond acceptors (Lipinski definition) is 6. The fraction of sp³-hybridized carbons (Fsp3) is 0.929. The van der Waals surface area contributed by atoms with E-state index in [9.17, 15) is 13.2 Å². The number of carbonyl (C=O) groups excluding carboxylic acids is 1. The van der Waals surface area contributed by atoms with Gasteiger partial charge in [0.15, 0.2) is 9.84 Å². The normalized spacial score (nSPS) is 24.0. The molecule has 6 nitrogen and oxygen atoms in total. The van der Waals surface area contributed by atoms with Crippen LogP contribution in [0.25, 0.3) is 0 Å². The highest BCUT2D eigenvalue weighted by Crippen LogP contribution is 2.19. The highest BCUT2D eigenvalue weighted by Gasteiger charge is 2.36. The van der Waals surface area contributed by atoms with Gasteiger partial charge in [-0.3, -0.25) is 4.79 Å². The Morgan fingerprint density at radius 1 is 1.43 bits per heavy atom. The van der Waals surface area contributed by atoms with Gasteiger partial charge in [-0.15, -0.1) is 0 Å². The molecule has 2 atom stereocenters. The number of rotatable bonds is 8. The van der Waals surface area contributed by atoms with Crippen LogP contribution >= 0.6 is 0 Å². The number of nitrogens with zero attached hydrogens (tertiary/aromatic N) is 1. The lowest BCUT2D eigenvalue weighted by Gasteiger charge is -2.31. The maximum Gasteiger partial charge on any atom is 0.326 e. The molecule has 1 heterocycles. The lowest BCUT2D eigenvalue weighted by Crippen LogP contribution is -2.52. The van der Waals surface area contributed by atoms with Crippen molar-refractivity contribution in [3.8, 4) is 0 Å². The van der Waals surface area contributed by atoms with Crippen LogP contribution in [-0.4, -0.2) is 69.1 Å².